The third-order valence-corrected chi connectivity index (χ3v) is 4.55. The van der Waals surface area contributed by atoms with E-state index in [4.69, 9.17) is 0 Å². The summed E-state index contributed by atoms with van der Waals surface area (Å²) in [5.74, 6) is 1.25. The van der Waals surface area contributed by atoms with Crippen molar-refractivity contribution in [3.63, 3.8) is 0 Å². The molecular formula is C15H32N2O. The highest BCUT2D eigenvalue weighted by molar-refractivity contribution is 4.86. The van der Waals surface area contributed by atoms with Crippen LogP contribution >= 0.6 is 0 Å². The van der Waals surface area contributed by atoms with Gasteiger partial charge in [0.2, 0.25) is 0 Å². The van der Waals surface area contributed by atoms with Gasteiger partial charge >= 0.3 is 0 Å². The molecule has 1 aliphatic rings. The number of hydrogen-bond acceptors (Lipinski definition) is 3. The molecule has 1 saturated heterocycles. The summed E-state index contributed by atoms with van der Waals surface area (Å²) in [7, 11) is 2.22. The molecule has 0 aromatic carbocycles. The van der Waals surface area contributed by atoms with Gasteiger partial charge in [-0.1, -0.05) is 27.7 Å². The molecule has 3 heteroatoms. The molecule has 3 nitrogen and oxygen atoms in total. The quantitative estimate of drug-likeness (QED) is 0.762. The number of aliphatic hydroxyl groups is 1. The zero-order valence-electron chi connectivity index (χ0n) is 12.9. The van der Waals surface area contributed by atoms with Gasteiger partial charge in [-0.3, -0.25) is 0 Å². The van der Waals surface area contributed by atoms with Crippen LogP contribution in [0.15, 0.2) is 0 Å². The van der Waals surface area contributed by atoms with E-state index in [1.54, 1.807) is 0 Å². The first-order chi connectivity index (χ1) is 8.36. The zero-order valence-corrected chi connectivity index (χ0v) is 12.9. The van der Waals surface area contributed by atoms with Crippen LogP contribution in [0.2, 0.25) is 0 Å². The number of aliphatic hydroxyl groups excluding tert-OH is 1. The van der Waals surface area contributed by atoms with Crippen LogP contribution in [0.1, 0.15) is 40.5 Å². The van der Waals surface area contributed by atoms with Crippen molar-refractivity contribution < 1.29 is 5.11 Å². The second kappa shape index (κ2) is 6.88. The lowest BCUT2D eigenvalue weighted by molar-refractivity contribution is 0.0933. The van der Waals surface area contributed by atoms with Gasteiger partial charge in [0.1, 0.15) is 0 Å². The van der Waals surface area contributed by atoms with Gasteiger partial charge in [0.05, 0.1) is 6.61 Å². The highest BCUT2D eigenvalue weighted by Gasteiger charge is 2.32. The van der Waals surface area contributed by atoms with Gasteiger partial charge < -0.3 is 15.3 Å². The van der Waals surface area contributed by atoms with Gasteiger partial charge in [0.25, 0.3) is 0 Å². The highest BCUT2D eigenvalue weighted by atomic mass is 16.3. The van der Waals surface area contributed by atoms with Crippen molar-refractivity contribution in [2.45, 2.75) is 46.6 Å². The van der Waals surface area contributed by atoms with Gasteiger partial charge in [-0.25, -0.2) is 0 Å². The Hall–Kier alpha value is -0.120. The fourth-order valence-electron chi connectivity index (χ4n) is 2.85. The summed E-state index contributed by atoms with van der Waals surface area (Å²) < 4.78 is 0. The molecule has 0 amide bonds. The van der Waals surface area contributed by atoms with Crippen LogP contribution in [-0.2, 0) is 0 Å². The minimum atomic E-state index is 0.227. The standard InChI is InChI=1S/C15H32N2O/c1-12(2)14(10-18)16-11-15(3,4)13-7-6-8-17(5)9-13/h12-14,16,18H,6-11H2,1-5H3. The first-order valence-electron chi connectivity index (χ1n) is 7.39. The predicted molar refractivity (Wildman–Crippen MR) is 77.7 cm³/mol. The molecule has 0 aromatic rings. The van der Waals surface area contributed by atoms with Gasteiger partial charge in [-0.2, -0.15) is 0 Å². The van der Waals surface area contributed by atoms with Crippen molar-refractivity contribution in [2.24, 2.45) is 17.3 Å². The molecular weight excluding hydrogens is 224 g/mol. The average Bonchev–Trinajstić information content (AvgIpc) is 2.29. The maximum atomic E-state index is 9.37. The average molecular weight is 256 g/mol. The number of rotatable bonds is 6. The molecule has 2 atom stereocenters. The fraction of sp³-hybridized carbons (Fsp3) is 1.00. The van der Waals surface area contributed by atoms with E-state index in [0.29, 0.717) is 11.3 Å². The van der Waals surface area contributed by atoms with Gasteiger partial charge in [-0.15, -0.1) is 0 Å². The number of likely N-dealkylation sites (tertiary alicyclic amines) is 1. The van der Waals surface area contributed by atoms with Crippen molar-refractivity contribution in [1.82, 2.24) is 10.2 Å². The Morgan fingerprint density at radius 2 is 2.06 bits per heavy atom. The molecule has 2 unspecified atom stereocenters. The second-order valence-corrected chi connectivity index (χ2v) is 7.00. The smallest absolute Gasteiger partial charge is 0.0587 e. The molecule has 0 aliphatic carbocycles. The number of hydrogen-bond donors (Lipinski definition) is 2. The lowest BCUT2D eigenvalue weighted by Crippen LogP contribution is -2.48. The molecule has 1 aliphatic heterocycles. The van der Waals surface area contributed by atoms with E-state index in [0.717, 1.165) is 12.5 Å². The van der Waals surface area contributed by atoms with Crippen LogP contribution in [0.4, 0.5) is 0 Å². The number of nitrogens with zero attached hydrogens (tertiary/aromatic N) is 1. The summed E-state index contributed by atoms with van der Waals surface area (Å²) in [6.45, 7) is 12.7. The zero-order chi connectivity index (χ0) is 13.8. The lowest BCUT2D eigenvalue weighted by atomic mass is 9.74. The van der Waals surface area contributed by atoms with E-state index in [1.807, 2.05) is 0 Å². The van der Waals surface area contributed by atoms with Crippen molar-refractivity contribution in [2.75, 3.05) is 33.3 Å². The summed E-state index contributed by atoms with van der Waals surface area (Å²) in [5, 5.41) is 12.9. The van der Waals surface area contributed by atoms with Crippen LogP contribution < -0.4 is 5.32 Å². The largest absolute Gasteiger partial charge is 0.395 e. The van der Waals surface area contributed by atoms with Crippen molar-refractivity contribution in [3.8, 4) is 0 Å². The Kier molecular flexibility index (Phi) is 6.09. The van der Waals surface area contributed by atoms with Crippen molar-refractivity contribution in [1.29, 1.82) is 0 Å². The Bertz CT molecular complexity index is 241. The molecule has 1 fully saturated rings. The van der Waals surface area contributed by atoms with Crippen LogP contribution in [0.3, 0.4) is 0 Å². The maximum Gasteiger partial charge on any atom is 0.0587 e. The Labute approximate surface area is 113 Å². The van der Waals surface area contributed by atoms with Gasteiger partial charge in [-0.05, 0) is 43.7 Å². The number of piperidine rings is 1. The molecule has 0 aromatic heterocycles. The molecule has 0 bridgehead atoms. The van der Waals surface area contributed by atoms with Crippen LogP contribution in [0, 0.1) is 17.3 Å². The minimum Gasteiger partial charge on any atom is -0.395 e. The normalized spacial score (nSPS) is 24.5. The summed E-state index contributed by atoms with van der Waals surface area (Å²) in [6.07, 6.45) is 2.66. The first-order valence-corrected chi connectivity index (χ1v) is 7.39. The summed E-state index contributed by atoms with van der Waals surface area (Å²) >= 11 is 0. The number of nitrogens with one attached hydrogen (secondary N) is 1. The summed E-state index contributed by atoms with van der Waals surface area (Å²) in [4.78, 5) is 2.45. The molecule has 18 heavy (non-hydrogen) atoms. The maximum absolute atomic E-state index is 9.37. The fourth-order valence-corrected chi connectivity index (χ4v) is 2.85. The molecule has 2 N–H and O–H groups in total. The summed E-state index contributed by atoms with van der Waals surface area (Å²) in [5.41, 5.74) is 0.303. The Balaban J connectivity index is 2.47. The Morgan fingerprint density at radius 3 is 2.56 bits per heavy atom. The topological polar surface area (TPSA) is 35.5 Å². The van der Waals surface area contributed by atoms with Crippen molar-refractivity contribution >= 4 is 0 Å². The molecule has 0 radical (unpaired) electrons. The monoisotopic (exact) mass is 256 g/mol. The van der Waals surface area contributed by atoms with E-state index in [-0.39, 0.29) is 12.6 Å². The molecule has 0 spiro atoms. The van der Waals surface area contributed by atoms with Gasteiger partial charge in [0.15, 0.2) is 0 Å². The van der Waals surface area contributed by atoms with Crippen LogP contribution in [-0.4, -0.2) is 49.3 Å². The lowest BCUT2D eigenvalue weighted by Gasteiger charge is -2.41. The third kappa shape index (κ3) is 4.52. The second-order valence-electron chi connectivity index (χ2n) is 7.00. The molecule has 0 saturated carbocycles. The Morgan fingerprint density at radius 1 is 1.39 bits per heavy atom. The summed E-state index contributed by atoms with van der Waals surface area (Å²) in [6, 6.07) is 0.227. The predicted octanol–water partition coefficient (Wildman–Crippen LogP) is 1.96. The first kappa shape index (κ1) is 15.9. The van der Waals surface area contributed by atoms with Gasteiger partial charge in [0, 0.05) is 19.1 Å². The molecule has 1 heterocycles. The van der Waals surface area contributed by atoms with E-state index >= 15 is 0 Å². The van der Waals surface area contributed by atoms with E-state index in [9.17, 15) is 5.11 Å². The van der Waals surface area contributed by atoms with Crippen molar-refractivity contribution in [3.05, 3.63) is 0 Å². The van der Waals surface area contributed by atoms with Crippen LogP contribution in [0.5, 0.6) is 0 Å². The van der Waals surface area contributed by atoms with E-state index in [2.05, 4.69) is 45.0 Å². The molecule has 108 valence electrons. The SMILES string of the molecule is CC(C)C(CO)NCC(C)(C)C1CCCN(C)C1. The van der Waals surface area contributed by atoms with E-state index < -0.39 is 0 Å². The highest BCUT2D eigenvalue weighted by Crippen LogP contribution is 2.33. The third-order valence-electron chi connectivity index (χ3n) is 4.55. The van der Waals surface area contributed by atoms with E-state index in [1.165, 1.54) is 25.9 Å². The molecule has 1 rings (SSSR count). The van der Waals surface area contributed by atoms with Crippen LogP contribution in [0.25, 0.3) is 0 Å². The minimum absolute atomic E-state index is 0.227.